The number of imidazole rings is 1. The summed E-state index contributed by atoms with van der Waals surface area (Å²) in [5, 5.41) is 3.71. The lowest BCUT2D eigenvalue weighted by Crippen LogP contribution is -2.43. The molecule has 0 atom stereocenters. The lowest BCUT2D eigenvalue weighted by Gasteiger charge is -2.32. The molecule has 0 saturated carbocycles. The standard InChI is InChI=1S/C20H26N6/c1-25-18-7-3-2-6-17(18)24-19(25)8-4-11-21-16-9-14-26(15-10-16)20-22-12-5-13-23-20/h2-3,5-7,12-13,16,21H,4,8-11,14-15H2,1H3. The molecule has 6 heteroatoms. The molecule has 0 amide bonds. The second-order valence-corrected chi connectivity index (χ2v) is 6.94. The van der Waals surface area contributed by atoms with Gasteiger partial charge in [-0.3, -0.25) is 0 Å². The molecule has 0 radical (unpaired) electrons. The van der Waals surface area contributed by atoms with E-state index in [9.17, 15) is 0 Å². The molecule has 0 unspecified atom stereocenters. The Bertz CT molecular complexity index is 836. The van der Waals surface area contributed by atoms with Crippen LogP contribution in [0.3, 0.4) is 0 Å². The van der Waals surface area contributed by atoms with Crippen molar-refractivity contribution in [2.24, 2.45) is 7.05 Å². The van der Waals surface area contributed by atoms with E-state index in [0.717, 1.165) is 56.8 Å². The van der Waals surface area contributed by atoms with Gasteiger partial charge in [0, 0.05) is 45.0 Å². The molecule has 1 N–H and O–H groups in total. The molecule has 26 heavy (non-hydrogen) atoms. The fourth-order valence-corrected chi connectivity index (χ4v) is 3.71. The molecule has 6 nitrogen and oxygen atoms in total. The molecule has 0 aliphatic carbocycles. The van der Waals surface area contributed by atoms with Gasteiger partial charge in [0.1, 0.15) is 5.82 Å². The Balaban J connectivity index is 1.21. The van der Waals surface area contributed by atoms with E-state index < -0.39 is 0 Å². The average Bonchev–Trinajstić information content (AvgIpc) is 3.02. The lowest BCUT2D eigenvalue weighted by molar-refractivity contribution is 0.409. The van der Waals surface area contributed by atoms with Crippen molar-refractivity contribution in [3.63, 3.8) is 0 Å². The molecule has 3 heterocycles. The Morgan fingerprint density at radius 1 is 1.08 bits per heavy atom. The van der Waals surface area contributed by atoms with Crippen molar-refractivity contribution in [3.05, 3.63) is 48.5 Å². The van der Waals surface area contributed by atoms with Gasteiger partial charge in [-0.25, -0.2) is 15.0 Å². The largest absolute Gasteiger partial charge is 0.341 e. The average molecular weight is 350 g/mol. The summed E-state index contributed by atoms with van der Waals surface area (Å²) < 4.78 is 2.22. The van der Waals surface area contributed by atoms with Crippen LogP contribution in [0, 0.1) is 0 Å². The molecule has 1 aliphatic heterocycles. The number of rotatable bonds is 6. The Labute approximate surface area is 154 Å². The number of aromatic nitrogens is 4. The van der Waals surface area contributed by atoms with Gasteiger partial charge in [-0.2, -0.15) is 0 Å². The first-order chi connectivity index (χ1) is 12.8. The first-order valence-electron chi connectivity index (χ1n) is 9.47. The van der Waals surface area contributed by atoms with E-state index >= 15 is 0 Å². The van der Waals surface area contributed by atoms with E-state index in [1.807, 2.05) is 24.5 Å². The van der Waals surface area contributed by atoms with E-state index in [1.54, 1.807) is 0 Å². The van der Waals surface area contributed by atoms with Gasteiger partial charge in [0.15, 0.2) is 0 Å². The van der Waals surface area contributed by atoms with Crippen LogP contribution in [-0.4, -0.2) is 45.2 Å². The maximum Gasteiger partial charge on any atom is 0.225 e. The van der Waals surface area contributed by atoms with Crippen molar-refractivity contribution < 1.29 is 0 Å². The van der Waals surface area contributed by atoms with Crippen molar-refractivity contribution in [2.45, 2.75) is 31.7 Å². The smallest absolute Gasteiger partial charge is 0.225 e. The van der Waals surface area contributed by atoms with Gasteiger partial charge in [-0.1, -0.05) is 12.1 Å². The third-order valence-corrected chi connectivity index (χ3v) is 5.22. The zero-order valence-electron chi connectivity index (χ0n) is 15.3. The number of piperidine rings is 1. The predicted octanol–water partition coefficient (Wildman–Crippen LogP) is 2.55. The number of aryl methyl sites for hydroxylation is 2. The summed E-state index contributed by atoms with van der Waals surface area (Å²) in [6, 6.07) is 10.8. The van der Waals surface area contributed by atoms with E-state index in [2.05, 4.69) is 50.0 Å². The topological polar surface area (TPSA) is 58.9 Å². The fourth-order valence-electron chi connectivity index (χ4n) is 3.71. The molecule has 4 rings (SSSR count). The van der Waals surface area contributed by atoms with Crippen molar-refractivity contribution in [1.82, 2.24) is 24.8 Å². The molecule has 0 spiro atoms. The molecular weight excluding hydrogens is 324 g/mol. The highest BCUT2D eigenvalue weighted by atomic mass is 15.3. The minimum absolute atomic E-state index is 0.593. The SMILES string of the molecule is Cn1c(CCCNC2CCN(c3ncccn3)CC2)nc2ccccc21. The predicted molar refractivity (Wildman–Crippen MR) is 104 cm³/mol. The highest BCUT2D eigenvalue weighted by Crippen LogP contribution is 2.16. The maximum atomic E-state index is 4.75. The van der Waals surface area contributed by atoms with Gasteiger partial charge in [-0.15, -0.1) is 0 Å². The van der Waals surface area contributed by atoms with Crippen molar-refractivity contribution in [1.29, 1.82) is 0 Å². The highest BCUT2D eigenvalue weighted by Gasteiger charge is 2.20. The van der Waals surface area contributed by atoms with Gasteiger partial charge >= 0.3 is 0 Å². The van der Waals surface area contributed by atoms with Crippen LogP contribution in [0.5, 0.6) is 0 Å². The molecule has 1 saturated heterocycles. The summed E-state index contributed by atoms with van der Waals surface area (Å²) >= 11 is 0. The molecule has 2 aromatic heterocycles. The molecule has 1 fully saturated rings. The van der Waals surface area contributed by atoms with Crippen molar-refractivity contribution in [3.8, 4) is 0 Å². The number of hydrogen-bond acceptors (Lipinski definition) is 5. The van der Waals surface area contributed by atoms with E-state index in [-0.39, 0.29) is 0 Å². The van der Waals surface area contributed by atoms with Gasteiger partial charge in [0.05, 0.1) is 11.0 Å². The zero-order valence-corrected chi connectivity index (χ0v) is 15.3. The summed E-state index contributed by atoms with van der Waals surface area (Å²) in [5.41, 5.74) is 2.31. The summed E-state index contributed by atoms with van der Waals surface area (Å²) in [4.78, 5) is 15.7. The van der Waals surface area contributed by atoms with Crippen LogP contribution >= 0.6 is 0 Å². The monoisotopic (exact) mass is 350 g/mol. The number of hydrogen-bond donors (Lipinski definition) is 1. The van der Waals surface area contributed by atoms with E-state index in [0.29, 0.717) is 6.04 Å². The summed E-state index contributed by atoms with van der Waals surface area (Å²) in [6.45, 7) is 3.08. The number of benzene rings is 1. The lowest BCUT2D eigenvalue weighted by atomic mass is 10.1. The summed E-state index contributed by atoms with van der Waals surface area (Å²) in [7, 11) is 2.11. The van der Waals surface area contributed by atoms with Crippen molar-refractivity contribution in [2.75, 3.05) is 24.5 Å². The van der Waals surface area contributed by atoms with Crippen LogP contribution in [0.15, 0.2) is 42.7 Å². The van der Waals surface area contributed by atoms with E-state index in [1.165, 1.54) is 11.3 Å². The minimum atomic E-state index is 0.593. The number of anilines is 1. The second-order valence-electron chi connectivity index (χ2n) is 6.94. The van der Waals surface area contributed by atoms with Crippen LogP contribution in [-0.2, 0) is 13.5 Å². The first kappa shape index (κ1) is 17.0. The number of para-hydroxylation sites is 2. The molecule has 1 aliphatic rings. The van der Waals surface area contributed by atoms with Crippen molar-refractivity contribution >= 4 is 17.0 Å². The van der Waals surface area contributed by atoms with Gasteiger partial charge in [0.2, 0.25) is 5.95 Å². The number of fused-ring (bicyclic) bond motifs is 1. The molecular formula is C20H26N6. The summed E-state index contributed by atoms with van der Waals surface area (Å²) in [5.74, 6) is 2.02. The normalized spacial score (nSPS) is 15.7. The van der Waals surface area contributed by atoms with Gasteiger partial charge < -0.3 is 14.8 Å². The molecule has 136 valence electrons. The van der Waals surface area contributed by atoms with Crippen LogP contribution < -0.4 is 10.2 Å². The Kier molecular flexibility index (Phi) is 5.11. The minimum Gasteiger partial charge on any atom is -0.341 e. The number of nitrogens with one attached hydrogen (secondary N) is 1. The Hall–Kier alpha value is -2.47. The third-order valence-electron chi connectivity index (χ3n) is 5.22. The summed E-state index contributed by atoms with van der Waals surface area (Å²) in [6.07, 6.45) is 8.03. The molecule has 1 aromatic carbocycles. The quantitative estimate of drug-likeness (QED) is 0.693. The molecule has 0 bridgehead atoms. The molecule has 3 aromatic rings. The number of nitrogens with zero attached hydrogens (tertiary/aromatic N) is 5. The van der Waals surface area contributed by atoms with Crippen LogP contribution in [0.2, 0.25) is 0 Å². The van der Waals surface area contributed by atoms with Gasteiger partial charge in [-0.05, 0) is 44.0 Å². The van der Waals surface area contributed by atoms with Crippen LogP contribution in [0.25, 0.3) is 11.0 Å². The highest BCUT2D eigenvalue weighted by molar-refractivity contribution is 5.75. The second kappa shape index (κ2) is 7.83. The maximum absolute atomic E-state index is 4.75. The fraction of sp³-hybridized carbons (Fsp3) is 0.450. The van der Waals surface area contributed by atoms with Crippen LogP contribution in [0.1, 0.15) is 25.1 Å². The zero-order chi connectivity index (χ0) is 17.8. The van der Waals surface area contributed by atoms with E-state index in [4.69, 9.17) is 4.98 Å². The van der Waals surface area contributed by atoms with Crippen LogP contribution in [0.4, 0.5) is 5.95 Å². The Morgan fingerprint density at radius 3 is 2.62 bits per heavy atom. The third kappa shape index (κ3) is 3.70. The first-order valence-corrected chi connectivity index (χ1v) is 9.47. The van der Waals surface area contributed by atoms with Gasteiger partial charge in [0.25, 0.3) is 0 Å². The Morgan fingerprint density at radius 2 is 1.85 bits per heavy atom.